The molecule has 0 unspecified atom stereocenters. The Hall–Kier alpha value is -3.67. The van der Waals surface area contributed by atoms with Crippen molar-refractivity contribution in [3.8, 4) is 17.3 Å². The number of hydrogen-bond acceptors (Lipinski definition) is 7. The van der Waals surface area contributed by atoms with Gasteiger partial charge in [-0.3, -0.25) is 9.36 Å². The Morgan fingerprint density at radius 1 is 1.09 bits per heavy atom. The van der Waals surface area contributed by atoms with Gasteiger partial charge in [-0.2, -0.15) is 27.9 Å². The second-order valence-corrected chi connectivity index (χ2v) is 6.86. The van der Waals surface area contributed by atoms with E-state index >= 15 is 0 Å². The van der Waals surface area contributed by atoms with Gasteiger partial charge in [0, 0.05) is 6.07 Å². The summed E-state index contributed by atoms with van der Waals surface area (Å²) < 4.78 is 52.0. The molecule has 0 fully saturated rings. The van der Waals surface area contributed by atoms with Crippen LogP contribution in [0.4, 0.5) is 13.2 Å². The predicted molar refractivity (Wildman–Crippen MR) is 107 cm³/mol. The minimum atomic E-state index is -4.64. The number of fused-ring (bicyclic) bond motifs is 1. The summed E-state index contributed by atoms with van der Waals surface area (Å²) in [6.07, 6.45) is -2.11. The zero-order valence-corrected chi connectivity index (χ0v) is 17.3. The topological polar surface area (TPSA) is 97.0 Å². The summed E-state index contributed by atoms with van der Waals surface area (Å²) in [7, 11) is 2.60. The maximum atomic E-state index is 13.1. The van der Waals surface area contributed by atoms with Crippen molar-refractivity contribution in [2.45, 2.75) is 12.7 Å². The Balaban J connectivity index is 1.78. The Morgan fingerprint density at radius 3 is 2.56 bits per heavy atom. The minimum absolute atomic E-state index is 0.0437. The third-order valence-corrected chi connectivity index (χ3v) is 4.73. The maximum absolute atomic E-state index is 13.1. The van der Waals surface area contributed by atoms with Crippen molar-refractivity contribution in [1.82, 2.24) is 29.3 Å². The van der Waals surface area contributed by atoms with Crippen LogP contribution in [0.15, 0.2) is 41.5 Å². The highest BCUT2D eigenvalue weighted by atomic mass is 35.5. The molecule has 13 heteroatoms. The van der Waals surface area contributed by atoms with Crippen molar-refractivity contribution >= 4 is 22.8 Å². The first-order valence-corrected chi connectivity index (χ1v) is 9.35. The lowest BCUT2D eigenvalue weighted by molar-refractivity contribution is -0.141. The molecule has 0 aliphatic rings. The fourth-order valence-corrected chi connectivity index (χ4v) is 3.21. The van der Waals surface area contributed by atoms with Gasteiger partial charge in [0.1, 0.15) is 17.0 Å². The third-order valence-electron chi connectivity index (χ3n) is 4.55. The van der Waals surface area contributed by atoms with E-state index < -0.39 is 17.4 Å². The van der Waals surface area contributed by atoms with Gasteiger partial charge in [0.15, 0.2) is 11.3 Å². The van der Waals surface area contributed by atoms with Gasteiger partial charge in [-0.15, -0.1) is 0 Å². The molecule has 3 aromatic heterocycles. The van der Waals surface area contributed by atoms with Crippen molar-refractivity contribution < 1.29 is 22.6 Å². The molecule has 0 radical (unpaired) electrons. The van der Waals surface area contributed by atoms with Gasteiger partial charge in [-0.05, 0) is 29.3 Å². The van der Waals surface area contributed by atoms with Gasteiger partial charge in [0.2, 0.25) is 11.2 Å². The molecule has 4 aromatic rings. The molecular formula is C19H14ClF3N6O3. The van der Waals surface area contributed by atoms with Crippen molar-refractivity contribution in [3.05, 3.63) is 63.6 Å². The summed E-state index contributed by atoms with van der Waals surface area (Å²) in [6, 6.07) is 5.50. The molecule has 3 heterocycles. The second kappa shape index (κ2) is 8.11. The van der Waals surface area contributed by atoms with E-state index in [1.807, 2.05) is 0 Å². The molecule has 0 aliphatic heterocycles. The third kappa shape index (κ3) is 3.96. The highest BCUT2D eigenvalue weighted by Gasteiger charge is 2.35. The Labute approximate surface area is 183 Å². The molecule has 0 atom stereocenters. The van der Waals surface area contributed by atoms with E-state index in [1.165, 1.54) is 31.0 Å². The number of methoxy groups -OCH3 is 2. The second-order valence-electron chi connectivity index (χ2n) is 6.52. The summed E-state index contributed by atoms with van der Waals surface area (Å²) in [5.41, 5.74) is -0.0774. The van der Waals surface area contributed by atoms with Crippen LogP contribution >= 0.6 is 11.6 Å². The summed E-state index contributed by atoms with van der Waals surface area (Å²) in [6.45, 7) is 0.0753. The largest absolute Gasteiger partial charge is 0.494 e. The van der Waals surface area contributed by atoms with Crippen LogP contribution in [0, 0.1) is 0 Å². The molecule has 166 valence electrons. The summed E-state index contributed by atoms with van der Waals surface area (Å²) >= 11 is 5.86. The molecule has 0 saturated carbocycles. The van der Waals surface area contributed by atoms with Crippen LogP contribution in [-0.4, -0.2) is 43.5 Å². The lowest BCUT2D eigenvalue weighted by Crippen LogP contribution is -2.22. The van der Waals surface area contributed by atoms with Gasteiger partial charge in [0.05, 0.1) is 33.2 Å². The Morgan fingerprint density at radius 2 is 1.88 bits per heavy atom. The number of hydrogen-bond donors (Lipinski definition) is 0. The van der Waals surface area contributed by atoms with Crippen LogP contribution in [0.2, 0.25) is 5.28 Å². The molecule has 1 aromatic carbocycles. The van der Waals surface area contributed by atoms with Crippen LogP contribution in [0.3, 0.4) is 0 Å². The van der Waals surface area contributed by atoms with Crippen LogP contribution in [0.1, 0.15) is 11.3 Å². The minimum Gasteiger partial charge on any atom is -0.494 e. The zero-order valence-electron chi connectivity index (χ0n) is 16.6. The van der Waals surface area contributed by atoms with E-state index in [0.29, 0.717) is 11.1 Å². The first-order chi connectivity index (χ1) is 15.2. The van der Waals surface area contributed by atoms with E-state index in [1.54, 1.807) is 12.1 Å². The summed E-state index contributed by atoms with van der Waals surface area (Å²) in [4.78, 5) is 24.3. The number of halogens is 4. The van der Waals surface area contributed by atoms with Gasteiger partial charge in [-0.1, -0.05) is 6.07 Å². The van der Waals surface area contributed by atoms with Gasteiger partial charge in [0.25, 0.3) is 5.56 Å². The Bertz CT molecular complexity index is 1370. The number of alkyl halides is 3. The van der Waals surface area contributed by atoms with E-state index in [0.717, 1.165) is 16.9 Å². The maximum Gasteiger partial charge on any atom is 0.435 e. The molecule has 32 heavy (non-hydrogen) atoms. The summed E-state index contributed by atoms with van der Waals surface area (Å²) in [5, 5.41) is 3.56. The molecule has 4 rings (SSSR count). The number of ether oxygens (including phenoxy) is 2. The van der Waals surface area contributed by atoms with Crippen LogP contribution < -0.4 is 15.0 Å². The fourth-order valence-electron chi connectivity index (χ4n) is 3.09. The molecule has 0 N–H and O–H groups in total. The first-order valence-electron chi connectivity index (χ1n) is 8.98. The number of nitrogens with zero attached hydrogens (tertiary/aromatic N) is 6. The zero-order chi connectivity index (χ0) is 23.0. The standard InChI is InChI=1S/C19H14ClF3N6O3/c1-31-13-5-10(9-28-15(30)8-24-11-7-25-18(20)26-17(11)28)3-4-12(13)29-16(32-2)6-14(27-29)19(21,22)23/h3-8H,9H2,1-2H3. The normalized spacial score (nSPS) is 11.7. The van der Waals surface area contributed by atoms with Crippen molar-refractivity contribution in [3.63, 3.8) is 0 Å². The van der Waals surface area contributed by atoms with Crippen LogP contribution in [0.5, 0.6) is 11.6 Å². The van der Waals surface area contributed by atoms with E-state index in [4.69, 9.17) is 21.1 Å². The molecule has 9 nitrogen and oxygen atoms in total. The lowest BCUT2D eigenvalue weighted by atomic mass is 10.2. The smallest absolute Gasteiger partial charge is 0.435 e. The predicted octanol–water partition coefficient (Wildman–Crippen LogP) is 3.11. The molecule has 0 aliphatic carbocycles. The SMILES string of the molecule is COc1cc(Cn2c(=O)cnc3cnc(Cl)nc32)ccc1-n1nc(C(F)(F)F)cc1OC. The van der Waals surface area contributed by atoms with Crippen LogP contribution in [0.25, 0.3) is 16.9 Å². The number of aromatic nitrogens is 6. The van der Waals surface area contributed by atoms with E-state index in [2.05, 4.69) is 20.1 Å². The fraction of sp³-hybridized carbons (Fsp3) is 0.211. The molecule has 0 spiro atoms. The van der Waals surface area contributed by atoms with Gasteiger partial charge >= 0.3 is 6.18 Å². The molecule has 0 bridgehead atoms. The van der Waals surface area contributed by atoms with Gasteiger partial charge in [-0.25, -0.2) is 9.97 Å². The first kappa shape index (κ1) is 21.6. The number of rotatable bonds is 5. The monoisotopic (exact) mass is 466 g/mol. The number of benzene rings is 1. The van der Waals surface area contributed by atoms with Crippen LogP contribution in [-0.2, 0) is 12.7 Å². The quantitative estimate of drug-likeness (QED) is 0.417. The van der Waals surface area contributed by atoms with Gasteiger partial charge < -0.3 is 9.47 Å². The van der Waals surface area contributed by atoms with E-state index in [9.17, 15) is 18.0 Å². The Kier molecular flexibility index (Phi) is 5.46. The van der Waals surface area contributed by atoms with E-state index in [-0.39, 0.29) is 34.8 Å². The summed E-state index contributed by atoms with van der Waals surface area (Å²) in [5.74, 6) is 0.0998. The molecule has 0 amide bonds. The average Bonchev–Trinajstić information content (AvgIpc) is 3.20. The molecule has 0 saturated heterocycles. The lowest BCUT2D eigenvalue weighted by Gasteiger charge is -2.14. The highest BCUT2D eigenvalue weighted by Crippen LogP contribution is 2.34. The van der Waals surface area contributed by atoms with Crippen molar-refractivity contribution in [2.24, 2.45) is 0 Å². The highest BCUT2D eigenvalue weighted by molar-refractivity contribution is 6.28. The van der Waals surface area contributed by atoms with Crippen molar-refractivity contribution in [1.29, 1.82) is 0 Å². The van der Waals surface area contributed by atoms with Crippen molar-refractivity contribution in [2.75, 3.05) is 14.2 Å². The average molecular weight is 467 g/mol. The molecular weight excluding hydrogens is 453 g/mol.